The number of carbonyl (C=O) groups is 1. The van der Waals surface area contributed by atoms with Crippen molar-refractivity contribution in [1.29, 1.82) is 0 Å². The number of aryl methyl sites for hydroxylation is 1. The first kappa shape index (κ1) is 28.1. The van der Waals surface area contributed by atoms with Crippen molar-refractivity contribution in [2.45, 2.75) is 45.6 Å². The maximum absolute atomic E-state index is 12.0. The van der Waals surface area contributed by atoms with E-state index in [1.54, 1.807) is 6.07 Å². The maximum Gasteiger partial charge on any atom is 0.252 e. The van der Waals surface area contributed by atoms with Gasteiger partial charge in [0.05, 0.1) is 19.7 Å². The van der Waals surface area contributed by atoms with E-state index in [0.717, 1.165) is 59.8 Å². The van der Waals surface area contributed by atoms with Crippen LogP contribution in [0.3, 0.4) is 0 Å². The van der Waals surface area contributed by atoms with Crippen LogP contribution in [0.1, 0.15) is 60.8 Å². The molecule has 3 aromatic carbocycles. The van der Waals surface area contributed by atoms with Gasteiger partial charge in [0.15, 0.2) is 0 Å². The quantitative estimate of drug-likeness (QED) is 0.202. The molecule has 39 heavy (non-hydrogen) atoms. The van der Waals surface area contributed by atoms with Gasteiger partial charge in [0.1, 0.15) is 24.9 Å². The number of hydrogen-bond donors (Lipinski definition) is 2. The summed E-state index contributed by atoms with van der Waals surface area (Å²) in [5.41, 5.74) is 9.24. The molecule has 4 rings (SSSR count). The third-order valence-electron chi connectivity index (χ3n) is 7.58. The Labute approximate surface area is 231 Å². The highest BCUT2D eigenvalue weighted by molar-refractivity contribution is 5.98. The van der Waals surface area contributed by atoms with Crippen molar-refractivity contribution < 1.29 is 19.1 Å². The number of aromatic hydroxyl groups is 1. The number of unbranched alkanes of at least 4 members (excludes halogenated alkanes) is 1. The number of fused-ring (bicyclic) bond motifs is 1. The summed E-state index contributed by atoms with van der Waals surface area (Å²) < 4.78 is 6.98. The summed E-state index contributed by atoms with van der Waals surface area (Å²) in [5, 5.41) is 13.3. The van der Waals surface area contributed by atoms with E-state index < -0.39 is 5.91 Å². The first-order valence-electron chi connectivity index (χ1n) is 13.8. The van der Waals surface area contributed by atoms with Crippen LogP contribution in [0.25, 0.3) is 21.9 Å². The number of likely N-dealkylation sites (N-methyl/N-ethyl adjacent to an activating group) is 1. The van der Waals surface area contributed by atoms with Crippen LogP contribution in [-0.2, 0) is 6.42 Å². The second-order valence-corrected chi connectivity index (χ2v) is 10.7. The highest BCUT2D eigenvalue weighted by Crippen LogP contribution is 2.42. The number of nitrogens with zero attached hydrogens (tertiary/aromatic N) is 2. The van der Waals surface area contributed by atoms with Crippen LogP contribution in [0.5, 0.6) is 11.6 Å². The zero-order chi connectivity index (χ0) is 28.0. The molecule has 204 valence electrons. The number of phenols is 1. The fourth-order valence-electron chi connectivity index (χ4n) is 5.43. The summed E-state index contributed by atoms with van der Waals surface area (Å²) in [6, 6.07) is 23.7. The fourth-order valence-corrected chi connectivity index (χ4v) is 5.43. The summed E-state index contributed by atoms with van der Waals surface area (Å²) in [5.74, 6) is -0.0338. The SMILES string of the molecule is CCCCc1cc2ccccc2c(OCC[N+](C)(C)[C@@H](CC)c2ccc(C(N)=O)c(O)c2-c2ccccc2)n1. The highest BCUT2D eigenvalue weighted by Gasteiger charge is 2.33. The lowest BCUT2D eigenvalue weighted by molar-refractivity contribution is -0.921. The molecule has 0 aliphatic rings. The minimum absolute atomic E-state index is 0.0391. The van der Waals surface area contributed by atoms with Crippen LogP contribution < -0.4 is 10.5 Å². The molecule has 0 aliphatic heterocycles. The number of hydrogen-bond acceptors (Lipinski definition) is 4. The summed E-state index contributed by atoms with van der Waals surface area (Å²) in [6.45, 7) is 5.54. The molecule has 0 unspecified atom stereocenters. The molecule has 1 amide bonds. The van der Waals surface area contributed by atoms with Crippen molar-refractivity contribution in [3.8, 4) is 22.8 Å². The molecule has 0 fully saturated rings. The third-order valence-corrected chi connectivity index (χ3v) is 7.58. The zero-order valence-electron chi connectivity index (χ0n) is 23.5. The number of primary amides is 1. The molecule has 6 nitrogen and oxygen atoms in total. The molecule has 6 heteroatoms. The predicted octanol–water partition coefficient (Wildman–Crippen LogP) is 6.66. The van der Waals surface area contributed by atoms with Gasteiger partial charge < -0.3 is 20.1 Å². The molecular weight excluding hydrogens is 486 g/mol. The number of benzene rings is 3. The molecule has 0 saturated carbocycles. The zero-order valence-corrected chi connectivity index (χ0v) is 23.5. The Balaban J connectivity index is 1.63. The van der Waals surface area contributed by atoms with Gasteiger partial charge in [-0.2, -0.15) is 0 Å². The average Bonchev–Trinajstić information content (AvgIpc) is 2.92. The van der Waals surface area contributed by atoms with Gasteiger partial charge >= 0.3 is 0 Å². The standard InChI is InChI=1S/C33H39N3O3/c1-5-7-16-25-22-24-15-11-12-17-26(24)33(35-25)39-21-20-36(3,4)29(6-2)27-18-19-28(32(34)38)31(37)30(27)23-13-9-8-10-14-23/h8-15,17-19,22,29H,5-7,16,20-21H2,1-4H3,(H2-,34,37,38)/p+1/t29-/m0/s1. The summed E-state index contributed by atoms with van der Waals surface area (Å²) >= 11 is 0. The van der Waals surface area contributed by atoms with E-state index >= 15 is 0 Å². The molecule has 0 saturated heterocycles. The maximum atomic E-state index is 12.0. The fraction of sp³-hybridized carbons (Fsp3) is 0.333. The Hall–Kier alpha value is -3.90. The Morgan fingerprint density at radius 1 is 1.03 bits per heavy atom. The van der Waals surface area contributed by atoms with Crippen molar-refractivity contribution in [1.82, 2.24) is 4.98 Å². The van der Waals surface area contributed by atoms with E-state index in [2.05, 4.69) is 46.1 Å². The monoisotopic (exact) mass is 526 g/mol. The van der Waals surface area contributed by atoms with E-state index in [0.29, 0.717) is 22.5 Å². The Bertz CT molecular complexity index is 1430. The van der Waals surface area contributed by atoms with Gasteiger partial charge in [0.2, 0.25) is 5.88 Å². The van der Waals surface area contributed by atoms with E-state index in [1.165, 1.54) is 0 Å². The van der Waals surface area contributed by atoms with Crippen LogP contribution in [-0.4, -0.2) is 47.7 Å². The lowest BCUT2D eigenvalue weighted by Gasteiger charge is -2.39. The highest BCUT2D eigenvalue weighted by atomic mass is 16.5. The van der Waals surface area contributed by atoms with Crippen LogP contribution in [0.15, 0.2) is 72.8 Å². The van der Waals surface area contributed by atoms with Crippen LogP contribution in [0.4, 0.5) is 0 Å². The van der Waals surface area contributed by atoms with Gasteiger partial charge in [0, 0.05) is 28.6 Å². The Kier molecular flexibility index (Phi) is 8.87. The molecule has 0 aliphatic carbocycles. The van der Waals surface area contributed by atoms with Gasteiger partial charge in [-0.15, -0.1) is 0 Å². The van der Waals surface area contributed by atoms with Crippen LogP contribution >= 0.6 is 0 Å². The van der Waals surface area contributed by atoms with E-state index in [4.69, 9.17) is 15.5 Å². The van der Waals surface area contributed by atoms with Crippen molar-refractivity contribution >= 4 is 16.7 Å². The smallest absolute Gasteiger partial charge is 0.252 e. The van der Waals surface area contributed by atoms with Crippen molar-refractivity contribution in [2.75, 3.05) is 27.2 Å². The van der Waals surface area contributed by atoms with Gasteiger partial charge in [-0.3, -0.25) is 4.79 Å². The lowest BCUT2D eigenvalue weighted by atomic mass is 9.89. The number of nitrogens with two attached hydrogens (primary N) is 1. The van der Waals surface area contributed by atoms with Gasteiger partial charge in [-0.1, -0.05) is 74.9 Å². The van der Waals surface area contributed by atoms with Crippen LogP contribution in [0.2, 0.25) is 0 Å². The number of ether oxygens (including phenoxy) is 1. The first-order chi connectivity index (χ1) is 18.8. The van der Waals surface area contributed by atoms with Gasteiger partial charge in [-0.25, -0.2) is 4.98 Å². The Morgan fingerprint density at radius 2 is 1.74 bits per heavy atom. The van der Waals surface area contributed by atoms with Crippen molar-refractivity contribution in [3.05, 3.63) is 89.6 Å². The largest absolute Gasteiger partial charge is 0.506 e. The summed E-state index contributed by atoms with van der Waals surface area (Å²) in [4.78, 5) is 16.9. The molecule has 4 aromatic rings. The average molecular weight is 527 g/mol. The van der Waals surface area contributed by atoms with E-state index in [1.807, 2.05) is 48.5 Å². The summed E-state index contributed by atoms with van der Waals surface area (Å²) in [7, 11) is 4.35. The number of pyridine rings is 1. The van der Waals surface area contributed by atoms with Crippen LogP contribution in [0, 0.1) is 0 Å². The second-order valence-electron chi connectivity index (χ2n) is 10.7. The first-order valence-corrected chi connectivity index (χ1v) is 13.8. The molecule has 1 heterocycles. The van der Waals surface area contributed by atoms with Crippen molar-refractivity contribution in [2.24, 2.45) is 5.73 Å². The topological polar surface area (TPSA) is 85.4 Å². The summed E-state index contributed by atoms with van der Waals surface area (Å²) in [6.07, 6.45) is 3.98. The van der Waals surface area contributed by atoms with Crippen molar-refractivity contribution in [3.63, 3.8) is 0 Å². The number of amides is 1. The number of quaternary nitrogens is 1. The minimum atomic E-state index is -0.646. The number of carbonyl (C=O) groups excluding carboxylic acids is 1. The molecule has 0 bridgehead atoms. The minimum Gasteiger partial charge on any atom is -0.506 e. The Morgan fingerprint density at radius 3 is 2.44 bits per heavy atom. The number of aromatic nitrogens is 1. The normalized spacial score (nSPS) is 12.4. The van der Waals surface area contributed by atoms with E-state index in [-0.39, 0.29) is 17.4 Å². The molecular formula is C33H40N3O3+. The van der Waals surface area contributed by atoms with Gasteiger partial charge in [-0.05, 0) is 42.0 Å². The molecule has 0 spiro atoms. The molecule has 0 radical (unpaired) electrons. The molecule has 3 N–H and O–H groups in total. The third kappa shape index (κ3) is 6.23. The van der Waals surface area contributed by atoms with E-state index in [9.17, 15) is 9.90 Å². The number of rotatable bonds is 12. The van der Waals surface area contributed by atoms with Gasteiger partial charge in [0.25, 0.3) is 5.91 Å². The second kappa shape index (κ2) is 12.3. The molecule has 1 aromatic heterocycles. The lowest BCUT2D eigenvalue weighted by Crippen LogP contribution is -2.46. The predicted molar refractivity (Wildman–Crippen MR) is 158 cm³/mol. The molecule has 1 atom stereocenters.